The van der Waals surface area contributed by atoms with Gasteiger partial charge in [-0.25, -0.2) is 0 Å². The first-order valence-corrected chi connectivity index (χ1v) is 14.4. The molecule has 3 unspecified atom stereocenters. The van der Waals surface area contributed by atoms with Gasteiger partial charge in [-0.15, -0.1) is 0 Å². The van der Waals surface area contributed by atoms with Crippen LogP contribution in [0.5, 0.6) is 0 Å². The lowest BCUT2D eigenvalue weighted by atomic mass is 9.76. The lowest BCUT2D eigenvalue weighted by Crippen LogP contribution is -2.32. The molecule has 0 aromatic heterocycles. The number of hydrogen-bond donors (Lipinski definition) is 0. The SMILES string of the molecule is CCCCC(CC)CO[SiH](C)OCC(CC)(CCCC)CCc1ccc(C)cc1. The fraction of sp³-hybridized carbons (Fsp3) is 0.769. The van der Waals surface area contributed by atoms with Crippen molar-refractivity contribution in [3.8, 4) is 0 Å². The molecule has 1 aromatic rings. The summed E-state index contributed by atoms with van der Waals surface area (Å²) in [6, 6.07) is 9.05. The summed E-state index contributed by atoms with van der Waals surface area (Å²) in [5, 5.41) is 0. The van der Waals surface area contributed by atoms with Crippen LogP contribution in [0, 0.1) is 18.3 Å². The van der Waals surface area contributed by atoms with Crippen LogP contribution in [0.2, 0.25) is 6.55 Å². The van der Waals surface area contributed by atoms with Crippen molar-refractivity contribution in [1.29, 1.82) is 0 Å². The Morgan fingerprint density at radius 1 is 0.931 bits per heavy atom. The molecule has 0 heterocycles. The Labute approximate surface area is 183 Å². The van der Waals surface area contributed by atoms with Gasteiger partial charge >= 0.3 is 9.28 Å². The first-order chi connectivity index (χ1) is 14.0. The van der Waals surface area contributed by atoms with E-state index in [4.69, 9.17) is 8.85 Å². The first-order valence-electron chi connectivity index (χ1n) is 12.3. The molecule has 0 saturated heterocycles. The van der Waals surface area contributed by atoms with E-state index in [-0.39, 0.29) is 5.41 Å². The Bertz CT molecular complexity index is 516. The van der Waals surface area contributed by atoms with Crippen LogP contribution in [-0.4, -0.2) is 22.5 Å². The van der Waals surface area contributed by atoms with Crippen molar-refractivity contribution in [3.63, 3.8) is 0 Å². The van der Waals surface area contributed by atoms with E-state index in [9.17, 15) is 0 Å². The van der Waals surface area contributed by atoms with Crippen LogP contribution in [0.3, 0.4) is 0 Å². The smallest absolute Gasteiger partial charge is 0.318 e. The fourth-order valence-corrected chi connectivity index (χ4v) is 5.18. The minimum Gasteiger partial charge on any atom is -0.396 e. The van der Waals surface area contributed by atoms with Crippen molar-refractivity contribution in [2.45, 2.75) is 105 Å². The van der Waals surface area contributed by atoms with Crippen LogP contribution >= 0.6 is 0 Å². The molecule has 29 heavy (non-hydrogen) atoms. The van der Waals surface area contributed by atoms with Crippen LogP contribution in [0.4, 0.5) is 0 Å². The molecule has 3 heteroatoms. The van der Waals surface area contributed by atoms with E-state index in [1.54, 1.807) is 0 Å². The summed E-state index contributed by atoms with van der Waals surface area (Å²) < 4.78 is 12.6. The van der Waals surface area contributed by atoms with Gasteiger partial charge < -0.3 is 8.85 Å². The highest BCUT2D eigenvalue weighted by Gasteiger charge is 2.29. The van der Waals surface area contributed by atoms with Gasteiger partial charge in [-0.1, -0.05) is 89.6 Å². The highest BCUT2D eigenvalue weighted by molar-refractivity contribution is 6.42. The Morgan fingerprint density at radius 2 is 1.62 bits per heavy atom. The Kier molecular flexibility index (Phi) is 13.8. The predicted octanol–water partition coefficient (Wildman–Crippen LogP) is 7.61. The number of rotatable bonds is 17. The summed E-state index contributed by atoms with van der Waals surface area (Å²) >= 11 is 0. The minimum atomic E-state index is -1.56. The third-order valence-electron chi connectivity index (χ3n) is 6.61. The van der Waals surface area contributed by atoms with E-state index in [1.165, 1.54) is 68.9 Å². The summed E-state index contributed by atoms with van der Waals surface area (Å²) in [4.78, 5) is 0. The van der Waals surface area contributed by atoms with Gasteiger partial charge in [0.2, 0.25) is 0 Å². The molecule has 0 fully saturated rings. The highest BCUT2D eigenvalue weighted by Crippen LogP contribution is 2.35. The molecule has 0 saturated carbocycles. The highest BCUT2D eigenvalue weighted by atomic mass is 28.3. The average molecular weight is 421 g/mol. The van der Waals surface area contributed by atoms with Crippen LogP contribution in [0.1, 0.15) is 96.6 Å². The molecule has 1 rings (SSSR count). The molecule has 0 aliphatic heterocycles. The molecule has 0 aliphatic rings. The Balaban J connectivity index is 2.58. The van der Waals surface area contributed by atoms with Gasteiger partial charge in [0.1, 0.15) is 0 Å². The molecule has 0 aliphatic carbocycles. The van der Waals surface area contributed by atoms with Crippen LogP contribution in [0.15, 0.2) is 24.3 Å². The molecule has 0 radical (unpaired) electrons. The molecule has 1 aromatic carbocycles. The molecule has 0 amide bonds. The summed E-state index contributed by atoms with van der Waals surface area (Å²) in [6.07, 6.45) is 12.4. The maximum absolute atomic E-state index is 6.42. The standard InChI is InChI=1S/C26H48O2Si/c1-7-11-13-24(9-3)21-27-29(6)28-22-26(10-4,19-12-8-2)20-18-25-16-14-23(5)15-17-25/h14-17,24,29H,7-13,18-22H2,1-6H3. The van der Waals surface area contributed by atoms with Crippen molar-refractivity contribution >= 4 is 9.28 Å². The normalized spacial score (nSPS) is 15.8. The lowest BCUT2D eigenvalue weighted by molar-refractivity contribution is 0.0821. The average Bonchev–Trinajstić information content (AvgIpc) is 2.75. The Morgan fingerprint density at radius 3 is 2.21 bits per heavy atom. The molecule has 0 bridgehead atoms. The monoisotopic (exact) mass is 420 g/mol. The zero-order chi connectivity index (χ0) is 21.5. The molecule has 168 valence electrons. The van der Waals surface area contributed by atoms with E-state index in [1.807, 2.05) is 0 Å². The van der Waals surface area contributed by atoms with Gasteiger partial charge in [0.15, 0.2) is 0 Å². The number of hydrogen-bond acceptors (Lipinski definition) is 2. The summed E-state index contributed by atoms with van der Waals surface area (Å²) in [6.45, 7) is 15.3. The predicted molar refractivity (Wildman–Crippen MR) is 130 cm³/mol. The second-order valence-corrected chi connectivity index (χ2v) is 10.9. The summed E-state index contributed by atoms with van der Waals surface area (Å²) in [5.41, 5.74) is 3.08. The third-order valence-corrected chi connectivity index (χ3v) is 7.91. The summed E-state index contributed by atoms with van der Waals surface area (Å²) in [7, 11) is -1.56. The molecule has 0 spiro atoms. The van der Waals surface area contributed by atoms with Crippen molar-refractivity contribution in [2.75, 3.05) is 13.2 Å². The lowest BCUT2D eigenvalue weighted by Gasteiger charge is -2.34. The van der Waals surface area contributed by atoms with Crippen molar-refractivity contribution < 1.29 is 8.85 Å². The van der Waals surface area contributed by atoms with E-state index >= 15 is 0 Å². The Hall–Kier alpha value is -0.643. The van der Waals surface area contributed by atoms with Gasteiger partial charge in [0.25, 0.3) is 0 Å². The van der Waals surface area contributed by atoms with Crippen molar-refractivity contribution in [3.05, 3.63) is 35.4 Å². The zero-order valence-corrected chi connectivity index (χ0v) is 21.4. The second kappa shape index (κ2) is 15.2. The van der Waals surface area contributed by atoms with Gasteiger partial charge in [0, 0.05) is 13.2 Å². The molecule has 3 atom stereocenters. The van der Waals surface area contributed by atoms with Crippen LogP contribution in [0.25, 0.3) is 0 Å². The van der Waals surface area contributed by atoms with Crippen LogP contribution in [-0.2, 0) is 15.3 Å². The maximum Gasteiger partial charge on any atom is 0.318 e. The number of benzene rings is 1. The van der Waals surface area contributed by atoms with Gasteiger partial charge in [-0.05, 0) is 62.5 Å². The van der Waals surface area contributed by atoms with E-state index < -0.39 is 9.28 Å². The van der Waals surface area contributed by atoms with E-state index in [2.05, 4.69) is 65.4 Å². The largest absolute Gasteiger partial charge is 0.396 e. The minimum absolute atomic E-state index is 0.290. The fourth-order valence-electron chi connectivity index (χ4n) is 3.95. The van der Waals surface area contributed by atoms with Crippen LogP contribution < -0.4 is 0 Å². The van der Waals surface area contributed by atoms with Crippen molar-refractivity contribution in [1.82, 2.24) is 0 Å². The number of aryl methyl sites for hydroxylation is 2. The first kappa shape index (κ1) is 26.4. The quantitative estimate of drug-likeness (QED) is 0.241. The number of unbranched alkanes of at least 4 members (excludes halogenated alkanes) is 2. The maximum atomic E-state index is 6.42. The third kappa shape index (κ3) is 10.8. The van der Waals surface area contributed by atoms with Gasteiger partial charge in [-0.2, -0.15) is 0 Å². The second-order valence-electron chi connectivity index (χ2n) is 9.07. The topological polar surface area (TPSA) is 18.5 Å². The van der Waals surface area contributed by atoms with Gasteiger partial charge in [-0.3, -0.25) is 0 Å². The molecule has 0 N–H and O–H groups in total. The van der Waals surface area contributed by atoms with Gasteiger partial charge in [0.05, 0.1) is 0 Å². The molecule has 2 nitrogen and oxygen atoms in total. The molecular weight excluding hydrogens is 372 g/mol. The zero-order valence-electron chi connectivity index (χ0n) is 20.3. The summed E-state index contributed by atoms with van der Waals surface area (Å²) in [5.74, 6) is 0.700. The van der Waals surface area contributed by atoms with Crippen molar-refractivity contribution in [2.24, 2.45) is 11.3 Å². The molecular formula is C26H48O2Si. The van der Waals surface area contributed by atoms with E-state index in [0.29, 0.717) is 5.92 Å². The van der Waals surface area contributed by atoms with E-state index in [0.717, 1.165) is 19.6 Å².